The molecule has 0 aliphatic heterocycles. The number of sulfonamides is 1. The summed E-state index contributed by atoms with van der Waals surface area (Å²) in [6.07, 6.45) is 2.14. The first-order valence-electron chi connectivity index (χ1n) is 7.28. The smallest absolute Gasteiger partial charge is 0.244 e. The van der Waals surface area contributed by atoms with Crippen LogP contribution in [0.2, 0.25) is 0 Å². The van der Waals surface area contributed by atoms with E-state index in [2.05, 4.69) is 20.2 Å². The summed E-state index contributed by atoms with van der Waals surface area (Å²) in [5.74, 6) is -1.05. The van der Waals surface area contributed by atoms with Gasteiger partial charge >= 0.3 is 0 Å². The Morgan fingerprint density at radius 3 is 2.71 bits per heavy atom. The highest BCUT2D eigenvalue weighted by Gasteiger charge is 2.29. The molecule has 128 valence electrons. The molecule has 24 heavy (non-hydrogen) atoms. The Morgan fingerprint density at radius 1 is 1.33 bits per heavy atom. The summed E-state index contributed by atoms with van der Waals surface area (Å²) >= 11 is 1.27. The molecular weight excluding hydrogens is 355 g/mol. The molecule has 0 radical (unpaired) electrons. The zero-order valence-corrected chi connectivity index (χ0v) is 14.3. The molecule has 1 fully saturated rings. The van der Waals surface area contributed by atoms with Crippen LogP contribution in [0.3, 0.4) is 0 Å². The normalized spacial score (nSPS) is 15.9. The van der Waals surface area contributed by atoms with Gasteiger partial charge < -0.3 is 0 Å². The van der Waals surface area contributed by atoms with E-state index in [0.29, 0.717) is 11.0 Å². The van der Waals surface area contributed by atoms with Crippen molar-refractivity contribution >= 4 is 32.4 Å². The van der Waals surface area contributed by atoms with Gasteiger partial charge in [0.05, 0.1) is 6.04 Å². The molecule has 1 aromatic carbocycles. The van der Waals surface area contributed by atoms with Crippen molar-refractivity contribution in [3.8, 4) is 0 Å². The van der Waals surface area contributed by atoms with Crippen LogP contribution < -0.4 is 10.0 Å². The Bertz CT molecular complexity index is 864. The second-order valence-corrected chi connectivity index (χ2v) is 8.17. The lowest BCUT2D eigenvalue weighted by Gasteiger charge is -2.13. The van der Waals surface area contributed by atoms with Gasteiger partial charge in [0.2, 0.25) is 21.1 Å². The van der Waals surface area contributed by atoms with E-state index in [4.69, 9.17) is 0 Å². The van der Waals surface area contributed by atoms with Crippen molar-refractivity contribution in [1.82, 2.24) is 14.9 Å². The maximum atomic E-state index is 13.6. The SMILES string of the molecule is C[C@@H](NS(=O)(=O)c1ccccc1F)C(=O)Nc1nnc(C2CC2)s1. The highest BCUT2D eigenvalue weighted by Crippen LogP contribution is 2.42. The lowest BCUT2D eigenvalue weighted by molar-refractivity contribution is -0.117. The third kappa shape index (κ3) is 3.77. The minimum atomic E-state index is -4.14. The fraction of sp³-hybridized carbons (Fsp3) is 0.357. The Labute approximate surface area is 142 Å². The van der Waals surface area contributed by atoms with E-state index in [1.807, 2.05) is 0 Å². The minimum Gasteiger partial charge on any atom is -0.299 e. The van der Waals surface area contributed by atoms with Gasteiger partial charge in [0.15, 0.2) is 0 Å². The van der Waals surface area contributed by atoms with Crippen molar-refractivity contribution in [3.63, 3.8) is 0 Å². The van der Waals surface area contributed by atoms with Crippen LogP contribution in [0, 0.1) is 5.82 Å². The summed E-state index contributed by atoms with van der Waals surface area (Å²) in [6.45, 7) is 1.37. The van der Waals surface area contributed by atoms with Crippen LogP contribution in [0.15, 0.2) is 29.2 Å². The lowest BCUT2D eigenvalue weighted by atomic mass is 10.3. The molecule has 0 unspecified atom stereocenters. The molecule has 1 aliphatic carbocycles. The molecule has 7 nitrogen and oxygen atoms in total. The highest BCUT2D eigenvalue weighted by molar-refractivity contribution is 7.89. The quantitative estimate of drug-likeness (QED) is 0.808. The fourth-order valence-electron chi connectivity index (χ4n) is 2.01. The zero-order chi connectivity index (χ0) is 17.3. The summed E-state index contributed by atoms with van der Waals surface area (Å²) in [5, 5.41) is 11.6. The van der Waals surface area contributed by atoms with Crippen LogP contribution in [0.1, 0.15) is 30.7 Å². The van der Waals surface area contributed by atoms with Gasteiger partial charge in [-0.3, -0.25) is 10.1 Å². The van der Waals surface area contributed by atoms with Crippen molar-refractivity contribution in [2.45, 2.75) is 36.6 Å². The number of nitrogens with one attached hydrogen (secondary N) is 2. The molecule has 2 N–H and O–H groups in total. The van der Waals surface area contributed by atoms with Crippen molar-refractivity contribution in [2.75, 3.05) is 5.32 Å². The zero-order valence-electron chi connectivity index (χ0n) is 12.7. The number of amides is 1. The van der Waals surface area contributed by atoms with Gasteiger partial charge in [-0.05, 0) is 31.9 Å². The predicted octanol–water partition coefficient (Wildman–Crippen LogP) is 1.86. The Balaban J connectivity index is 1.65. The topological polar surface area (TPSA) is 101 Å². The standard InChI is InChI=1S/C14H15FN4O3S2/c1-8(19-24(21,22)11-5-3-2-4-10(11)15)12(20)16-14-18-17-13(23-14)9-6-7-9/h2-5,8-9,19H,6-7H2,1H3,(H,16,18,20)/t8-/m1/s1. The maximum absolute atomic E-state index is 13.6. The Morgan fingerprint density at radius 2 is 2.04 bits per heavy atom. The molecule has 0 saturated heterocycles. The molecule has 1 heterocycles. The third-order valence-corrected chi connectivity index (χ3v) is 6.02. The van der Waals surface area contributed by atoms with Crippen LogP contribution in [0.4, 0.5) is 9.52 Å². The monoisotopic (exact) mass is 370 g/mol. The number of carbonyl (C=O) groups excluding carboxylic acids is 1. The molecule has 1 aromatic heterocycles. The van der Waals surface area contributed by atoms with E-state index in [1.54, 1.807) is 0 Å². The van der Waals surface area contributed by atoms with E-state index in [0.717, 1.165) is 30.0 Å². The van der Waals surface area contributed by atoms with Gasteiger partial charge in [0, 0.05) is 5.92 Å². The minimum absolute atomic E-state index is 0.318. The van der Waals surface area contributed by atoms with E-state index < -0.39 is 32.7 Å². The Kier molecular flexibility index (Phi) is 4.61. The number of hydrogen-bond donors (Lipinski definition) is 2. The number of halogens is 1. The van der Waals surface area contributed by atoms with E-state index in [-0.39, 0.29) is 0 Å². The van der Waals surface area contributed by atoms with Crippen molar-refractivity contribution in [2.24, 2.45) is 0 Å². The van der Waals surface area contributed by atoms with Gasteiger partial charge in [0.1, 0.15) is 15.7 Å². The second-order valence-electron chi connectivity index (χ2n) is 5.48. The highest BCUT2D eigenvalue weighted by atomic mass is 32.2. The van der Waals surface area contributed by atoms with Crippen LogP contribution >= 0.6 is 11.3 Å². The summed E-state index contributed by atoms with van der Waals surface area (Å²) in [4.78, 5) is 11.6. The lowest BCUT2D eigenvalue weighted by Crippen LogP contribution is -2.41. The van der Waals surface area contributed by atoms with Crippen molar-refractivity contribution < 1.29 is 17.6 Å². The molecule has 0 bridgehead atoms. The van der Waals surface area contributed by atoms with E-state index in [9.17, 15) is 17.6 Å². The van der Waals surface area contributed by atoms with Gasteiger partial charge in [-0.15, -0.1) is 10.2 Å². The average Bonchev–Trinajstić information content (AvgIpc) is 3.27. The van der Waals surface area contributed by atoms with Gasteiger partial charge in [0.25, 0.3) is 0 Å². The largest absolute Gasteiger partial charge is 0.299 e. The number of nitrogens with zero attached hydrogens (tertiary/aromatic N) is 2. The molecule has 0 spiro atoms. The van der Waals surface area contributed by atoms with Crippen molar-refractivity contribution in [3.05, 3.63) is 35.1 Å². The first-order chi connectivity index (χ1) is 11.4. The van der Waals surface area contributed by atoms with Crippen molar-refractivity contribution in [1.29, 1.82) is 0 Å². The number of aromatic nitrogens is 2. The van der Waals surface area contributed by atoms with E-state index >= 15 is 0 Å². The van der Waals surface area contributed by atoms with Gasteiger partial charge in [-0.1, -0.05) is 23.5 Å². The predicted molar refractivity (Wildman–Crippen MR) is 86.7 cm³/mol. The second kappa shape index (κ2) is 6.54. The van der Waals surface area contributed by atoms with Crippen LogP contribution in [-0.4, -0.2) is 30.6 Å². The van der Waals surface area contributed by atoms with Crippen LogP contribution in [0.5, 0.6) is 0 Å². The molecule has 10 heteroatoms. The molecule has 2 aromatic rings. The first-order valence-corrected chi connectivity index (χ1v) is 9.58. The molecule has 1 saturated carbocycles. The van der Waals surface area contributed by atoms with Crippen LogP contribution in [0.25, 0.3) is 0 Å². The maximum Gasteiger partial charge on any atom is 0.244 e. The molecule has 3 rings (SSSR count). The van der Waals surface area contributed by atoms with Crippen LogP contribution in [-0.2, 0) is 14.8 Å². The summed E-state index contributed by atoms with van der Waals surface area (Å²) < 4.78 is 40.1. The number of anilines is 1. The third-order valence-electron chi connectivity index (χ3n) is 3.45. The molecule has 1 aliphatic rings. The van der Waals surface area contributed by atoms with E-state index in [1.165, 1.54) is 30.4 Å². The number of benzene rings is 1. The summed E-state index contributed by atoms with van der Waals surface area (Å²) in [5.41, 5.74) is 0. The average molecular weight is 370 g/mol. The number of rotatable bonds is 6. The number of carbonyl (C=O) groups is 1. The first kappa shape index (κ1) is 16.9. The van der Waals surface area contributed by atoms with Gasteiger partial charge in [-0.2, -0.15) is 4.72 Å². The fourth-order valence-corrected chi connectivity index (χ4v) is 4.20. The molecular formula is C14H15FN4O3S2. The Hall–Kier alpha value is -1.91. The summed E-state index contributed by atoms with van der Waals surface area (Å²) in [6, 6.07) is 3.87. The molecule has 1 amide bonds. The number of hydrogen-bond acceptors (Lipinski definition) is 6. The van der Waals surface area contributed by atoms with Gasteiger partial charge in [-0.25, -0.2) is 12.8 Å². The summed E-state index contributed by atoms with van der Waals surface area (Å²) in [7, 11) is -4.14. The molecule has 1 atom stereocenters.